The second-order valence-corrected chi connectivity index (χ2v) is 6.08. The highest BCUT2D eigenvalue weighted by atomic mass is 32.1. The van der Waals surface area contributed by atoms with Gasteiger partial charge in [-0.3, -0.25) is 0 Å². The van der Waals surface area contributed by atoms with E-state index in [-0.39, 0.29) is 30.6 Å². The molecular weight excluding hydrogens is 262 g/mol. The highest BCUT2D eigenvalue weighted by Gasteiger charge is 2.20. The normalized spacial score (nSPS) is 23.3. The van der Waals surface area contributed by atoms with Gasteiger partial charge >= 0.3 is 6.03 Å². The van der Waals surface area contributed by atoms with Gasteiger partial charge < -0.3 is 15.7 Å². The van der Waals surface area contributed by atoms with Crippen LogP contribution < -0.4 is 10.6 Å². The molecule has 0 aromatic carbocycles. The molecule has 1 aliphatic rings. The van der Waals surface area contributed by atoms with Gasteiger partial charge in [0.15, 0.2) is 0 Å². The lowest BCUT2D eigenvalue weighted by atomic mass is 10.1. The zero-order valence-corrected chi connectivity index (χ0v) is 11.9. The fraction of sp³-hybridized carbons (Fsp3) is 0.538. The standard InChI is InChI=1S/C13H19N3O2S/c1-8-6-14-12(19-8)9(2)15-13(18)16-11-4-3-10(5-11)7-17/h3-4,6,9-11,17H,5,7H2,1-2H3,(H2,15,16,18)/t9?,10-,11+/m0/s1. The molecule has 0 fully saturated rings. The first-order valence-corrected chi connectivity index (χ1v) is 7.18. The monoisotopic (exact) mass is 281 g/mol. The highest BCUT2D eigenvalue weighted by molar-refractivity contribution is 7.11. The minimum Gasteiger partial charge on any atom is -0.396 e. The Morgan fingerprint density at radius 2 is 2.42 bits per heavy atom. The fourth-order valence-electron chi connectivity index (χ4n) is 2.06. The number of carbonyl (C=O) groups excluding carboxylic acids is 1. The molecule has 1 aliphatic carbocycles. The number of thiazole rings is 1. The van der Waals surface area contributed by atoms with Crippen LogP contribution in [0.15, 0.2) is 18.3 Å². The van der Waals surface area contributed by atoms with Crippen molar-refractivity contribution in [2.75, 3.05) is 6.61 Å². The van der Waals surface area contributed by atoms with E-state index in [0.29, 0.717) is 0 Å². The molecule has 19 heavy (non-hydrogen) atoms. The summed E-state index contributed by atoms with van der Waals surface area (Å²) in [5.74, 6) is 0.157. The first kappa shape index (κ1) is 14.0. The van der Waals surface area contributed by atoms with Gasteiger partial charge in [0.2, 0.25) is 0 Å². The zero-order valence-electron chi connectivity index (χ0n) is 11.1. The van der Waals surface area contributed by atoms with Crippen LogP contribution in [-0.2, 0) is 0 Å². The van der Waals surface area contributed by atoms with Crippen molar-refractivity contribution < 1.29 is 9.90 Å². The lowest BCUT2D eigenvalue weighted by Crippen LogP contribution is -2.41. The molecule has 0 aliphatic heterocycles. The topological polar surface area (TPSA) is 74.2 Å². The van der Waals surface area contributed by atoms with Crippen molar-refractivity contribution in [1.29, 1.82) is 0 Å². The number of aryl methyl sites for hydroxylation is 1. The molecule has 3 atom stereocenters. The van der Waals surface area contributed by atoms with Crippen molar-refractivity contribution in [2.24, 2.45) is 5.92 Å². The van der Waals surface area contributed by atoms with Gasteiger partial charge in [0.25, 0.3) is 0 Å². The maximum absolute atomic E-state index is 11.8. The van der Waals surface area contributed by atoms with E-state index in [0.717, 1.165) is 16.3 Å². The molecule has 2 amide bonds. The Morgan fingerprint density at radius 1 is 1.63 bits per heavy atom. The molecule has 0 saturated heterocycles. The summed E-state index contributed by atoms with van der Waals surface area (Å²) in [6.45, 7) is 4.04. The molecule has 2 rings (SSSR count). The Labute approximate surface area is 116 Å². The average Bonchev–Trinajstić information content (AvgIpc) is 2.97. The van der Waals surface area contributed by atoms with Crippen molar-refractivity contribution in [3.05, 3.63) is 28.2 Å². The van der Waals surface area contributed by atoms with Gasteiger partial charge in [-0.05, 0) is 20.3 Å². The number of carbonyl (C=O) groups is 1. The van der Waals surface area contributed by atoms with Crippen molar-refractivity contribution in [1.82, 2.24) is 15.6 Å². The van der Waals surface area contributed by atoms with Crippen LogP contribution >= 0.6 is 11.3 Å². The second-order valence-electron chi connectivity index (χ2n) is 4.82. The van der Waals surface area contributed by atoms with E-state index in [9.17, 15) is 4.79 Å². The van der Waals surface area contributed by atoms with Crippen molar-refractivity contribution >= 4 is 17.4 Å². The number of aliphatic hydroxyl groups excluding tert-OH is 1. The van der Waals surface area contributed by atoms with E-state index in [2.05, 4.69) is 15.6 Å². The zero-order chi connectivity index (χ0) is 13.8. The molecule has 0 spiro atoms. The van der Waals surface area contributed by atoms with E-state index in [4.69, 9.17) is 5.11 Å². The lowest BCUT2D eigenvalue weighted by Gasteiger charge is -2.16. The first-order chi connectivity index (χ1) is 9.08. The number of hydrogen-bond donors (Lipinski definition) is 3. The smallest absolute Gasteiger partial charge is 0.315 e. The van der Waals surface area contributed by atoms with Gasteiger partial charge in [0.1, 0.15) is 5.01 Å². The average molecular weight is 281 g/mol. The van der Waals surface area contributed by atoms with Gasteiger partial charge in [0, 0.05) is 29.6 Å². The number of rotatable bonds is 4. The van der Waals surface area contributed by atoms with Gasteiger partial charge in [-0.1, -0.05) is 12.2 Å². The molecule has 0 radical (unpaired) electrons. The minimum absolute atomic E-state index is 0.00220. The van der Waals surface area contributed by atoms with E-state index in [1.807, 2.05) is 32.2 Å². The molecule has 1 aromatic rings. The van der Waals surface area contributed by atoms with Crippen LogP contribution in [0.2, 0.25) is 0 Å². The third-order valence-electron chi connectivity index (χ3n) is 3.08. The van der Waals surface area contributed by atoms with Crippen LogP contribution in [-0.4, -0.2) is 28.8 Å². The minimum atomic E-state index is -0.200. The number of hydrogen-bond acceptors (Lipinski definition) is 4. The van der Waals surface area contributed by atoms with E-state index in [1.54, 1.807) is 11.3 Å². The first-order valence-electron chi connectivity index (χ1n) is 6.37. The Bertz CT molecular complexity index is 472. The van der Waals surface area contributed by atoms with Crippen LogP contribution in [0.3, 0.4) is 0 Å². The number of aromatic nitrogens is 1. The van der Waals surface area contributed by atoms with Crippen LogP contribution in [0.5, 0.6) is 0 Å². The molecule has 1 aromatic heterocycles. The van der Waals surface area contributed by atoms with Crippen LogP contribution in [0.1, 0.15) is 29.3 Å². The van der Waals surface area contributed by atoms with Crippen molar-refractivity contribution in [3.63, 3.8) is 0 Å². The number of aliphatic hydroxyl groups is 1. The molecule has 104 valence electrons. The van der Waals surface area contributed by atoms with Crippen LogP contribution in [0.4, 0.5) is 4.79 Å². The fourth-order valence-corrected chi connectivity index (χ4v) is 2.83. The molecule has 5 nitrogen and oxygen atoms in total. The SMILES string of the molecule is Cc1cnc(C(C)NC(=O)N[C@@H]2C=C[C@H](CO)C2)s1. The van der Waals surface area contributed by atoms with Crippen LogP contribution in [0.25, 0.3) is 0 Å². The summed E-state index contributed by atoms with van der Waals surface area (Å²) >= 11 is 1.58. The maximum Gasteiger partial charge on any atom is 0.315 e. The summed E-state index contributed by atoms with van der Waals surface area (Å²) in [5.41, 5.74) is 0. The number of nitrogens with zero attached hydrogens (tertiary/aromatic N) is 1. The maximum atomic E-state index is 11.8. The summed E-state index contributed by atoms with van der Waals surface area (Å²) in [6.07, 6.45) is 6.44. The summed E-state index contributed by atoms with van der Waals surface area (Å²) in [5, 5.41) is 15.7. The Morgan fingerprint density at radius 3 is 3.00 bits per heavy atom. The third kappa shape index (κ3) is 3.78. The summed E-state index contributed by atoms with van der Waals surface area (Å²) in [7, 11) is 0. The number of nitrogens with one attached hydrogen (secondary N) is 2. The largest absolute Gasteiger partial charge is 0.396 e. The molecule has 6 heteroatoms. The van der Waals surface area contributed by atoms with Crippen LogP contribution in [0, 0.1) is 12.8 Å². The summed E-state index contributed by atoms with van der Waals surface area (Å²) < 4.78 is 0. The molecular formula is C13H19N3O2S. The number of amides is 2. The second kappa shape index (κ2) is 6.16. The van der Waals surface area contributed by atoms with Crippen molar-refractivity contribution in [2.45, 2.75) is 32.4 Å². The highest BCUT2D eigenvalue weighted by Crippen LogP contribution is 2.19. The predicted molar refractivity (Wildman–Crippen MR) is 75.1 cm³/mol. The van der Waals surface area contributed by atoms with Gasteiger partial charge in [0.05, 0.1) is 6.04 Å². The molecule has 1 unspecified atom stereocenters. The summed E-state index contributed by atoms with van der Waals surface area (Å²) in [4.78, 5) is 17.2. The van der Waals surface area contributed by atoms with Gasteiger partial charge in [-0.15, -0.1) is 11.3 Å². The molecule has 1 heterocycles. The van der Waals surface area contributed by atoms with E-state index >= 15 is 0 Å². The Kier molecular flexibility index (Phi) is 4.55. The van der Waals surface area contributed by atoms with Gasteiger partial charge in [-0.2, -0.15) is 0 Å². The van der Waals surface area contributed by atoms with E-state index < -0.39 is 0 Å². The summed E-state index contributed by atoms with van der Waals surface area (Å²) in [6, 6.07) is -0.298. The molecule has 0 saturated carbocycles. The Hall–Kier alpha value is -1.40. The number of urea groups is 1. The predicted octanol–water partition coefficient (Wildman–Crippen LogP) is 1.75. The third-order valence-corrected chi connectivity index (χ3v) is 4.18. The molecule has 3 N–H and O–H groups in total. The van der Waals surface area contributed by atoms with E-state index in [1.165, 1.54) is 0 Å². The van der Waals surface area contributed by atoms with Crippen molar-refractivity contribution in [3.8, 4) is 0 Å². The Balaban J connectivity index is 1.80. The van der Waals surface area contributed by atoms with Gasteiger partial charge in [-0.25, -0.2) is 9.78 Å². The quantitative estimate of drug-likeness (QED) is 0.736. The lowest BCUT2D eigenvalue weighted by molar-refractivity contribution is 0.229. The molecule has 0 bridgehead atoms.